The van der Waals surface area contributed by atoms with Crippen LogP contribution in [-0.2, 0) is 11.3 Å². The smallest absolute Gasteiger partial charge is 0.263 e. The molecule has 0 unspecified atom stereocenters. The predicted octanol–water partition coefficient (Wildman–Crippen LogP) is 5.92. The molecule has 0 radical (unpaired) electrons. The summed E-state index contributed by atoms with van der Waals surface area (Å²) in [5.41, 5.74) is 3.86. The molecule has 1 fully saturated rings. The van der Waals surface area contributed by atoms with Crippen LogP contribution in [0.15, 0.2) is 78.9 Å². The first-order valence-electron chi connectivity index (χ1n) is 11.6. The molecule has 2 heterocycles. The van der Waals surface area contributed by atoms with Gasteiger partial charge in [-0.1, -0.05) is 48.5 Å². The summed E-state index contributed by atoms with van der Waals surface area (Å²) in [5.74, 6) is -0.275. The first-order chi connectivity index (χ1) is 17.1. The van der Waals surface area contributed by atoms with Crippen molar-refractivity contribution in [1.29, 1.82) is 0 Å². The predicted molar refractivity (Wildman–Crippen MR) is 133 cm³/mol. The number of carbonyl (C=O) groups excluding carboxylic acids is 1. The van der Waals surface area contributed by atoms with Crippen LogP contribution in [0.4, 0.5) is 14.5 Å². The Kier molecular flexibility index (Phi) is 6.79. The van der Waals surface area contributed by atoms with Crippen LogP contribution < -0.4 is 5.32 Å². The number of amides is 1. The maximum absolute atomic E-state index is 13.2. The Morgan fingerprint density at radius 2 is 1.74 bits per heavy atom. The lowest BCUT2D eigenvalue weighted by Crippen LogP contribution is -2.35. The SMILES string of the molecule is O=C(Nc1ccc(CN2CCOCC2)cc1)c1cccc2ccc(-c3cccc(C(F)F)c3)nc12. The van der Waals surface area contributed by atoms with Gasteiger partial charge in [-0.2, -0.15) is 0 Å². The quantitative estimate of drug-likeness (QED) is 0.378. The highest BCUT2D eigenvalue weighted by atomic mass is 19.3. The van der Waals surface area contributed by atoms with E-state index in [0.29, 0.717) is 28.0 Å². The van der Waals surface area contributed by atoms with E-state index >= 15 is 0 Å². The second kappa shape index (κ2) is 10.3. The van der Waals surface area contributed by atoms with Crippen LogP contribution in [0.2, 0.25) is 0 Å². The Morgan fingerprint density at radius 3 is 2.51 bits per heavy atom. The van der Waals surface area contributed by atoms with Crippen LogP contribution in [0.5, 0.6) is 0 Å². The van der Waals surface area contributed by atoms with Crippen LogP contribution in [0.3, 0.4) is 0 Å². The highest BCUT2D eigenvalue weighted by Gasteiger charge is 2.15. The molecule has 1 amide bonds. The third-order valence-corrected chi connectivity index (χ3v) is 6.12. The van der Waals surface area contributed by atoms with Gasteiger partial charge in [-0.3, -0.25) is 9.69 Å². The number of halogens is 2. The molecular formula is C28H25F2N3O2. The fourth-order valence-electron chi connectivity index (χ4n) is 4.23. The van der Waals surface area contributed by atoms with Gasteiger partial charge in [0.1, 0.15) is 0 Å². The summed E-state index contributed by atoms with van der Waals surface area (Å²) in [4.78, 5) is 20.2. The van der Waals surface area contributed by atoms with Crippen LogP contribution in [0, 0.1) is 0 Å². The Bertz CT molecular complexity index is 1340. The molecule has 0 atom stereocenters. The van der Waals surface area contributed by atoms with Gasteiger partial charge in [0.25, 0.3) is 12.3 Å². The molecule has 0 saturated carbocycles. The van der Waals surface area contributed by atoms with E-state index in [1.165, 1.54) is 17.7 Å². The van der Waals surface area contributed by atoms with Gasteiger partial charge in [0.05, 0.1) is 30.0 Å². The second-order valence-electron chi connectivity index (χ2n) is 8.54. The van der Waals surface area contributed by atoms with Crippen LogP contribution in [0.25, 0.3) is 22.2 Å². The number of anilines is 1. The van der Waals surface area contributed by atoms with Gasteiger partial charge >= 0.3 is 0 Å². The van der Waals surface area contributed by atoms with Crippen LogP contribution in [-0.4, -0.2) is 42.1 Å². The molecule has 5 nitrogen and oxygen atoms in total. The molecule has 0 aliphatic carbocycles. The van der Waals surface area contributed by atoms with Gasteiger partial charge in [-0.15, -0.1) is 0 Å². The number of hydrogen-bond acceptors (Lipinski definition) is 4. The van der Waals surface area contributed by atoms with E-state index in [-0.39, 0.29) is 11.5 Å². The van der Waals surface area contributed by atoms with E-state index in [1.807, 2.05) is 36.4 Å². The summed E-state index contributed by atoms with van der Waals surface area (Å²) in [6, 6.07) is 23.0. The number of benzene rings is 3. The highest BCUT2D eigenvalue weighted by Crippen LogP contribution is 2.27. The summed E-state index contributed by atoms with van der Waals surface area (Å²) < 4.78 is 31.7. The van der Waals surface area contributed by atoms with E-state index < -0.39 is 6.43 Å². The van der Waals surface area contributed by atoms with Crippen molar-refractivity contribution in [3.63, 3.8) is 0 Å². The Morgan fingerprint density at radius 1 is 0.971 bits per heavy atom. The number of carbonyl (C=O) groups is 1. The fourth-order valence-corrected chi connectivity index (χ4v) is 4.23. The van der Waals surface area contributed by atoms with Crippen LogP contribution >= 0.6 is 0 Å². The maximum atomic E-state index is 13.2. The lowest BCUT2D eigenvalue weighted by molar-refractivity contribution is 0.0342. The maximum Gasteiger partial charge on any atom is 0.263 e. The number of nitrogens with one attached hydrogen (secondary N) is 1. The lowest BCUT2D eigenvalue weighted by Gasteiger charge is -2.26. The number of hydrogen-bond donors (Lipinski definition) is 1. The lowest BCUT2D eigenvalue weighted by atomic mass is 10.0. The van der Waals surface area contributed by atoms with E-state index in [9.17, 15) is 13.6 Å². The number of aromatic nitrogens is 1. The minimum Gasteiger partial charge on any atom is -0.379 e. The summed E-state index contributed by atoms with van der Waals surface area (Å²) in [7, 11) is 0. The molecule has 1 aliphatic heterocycles. The molecule has 35 heavy (non-hydrogen) atoms. The molecule has 7 heteroatoms. The molecular weight excluding hydrogens is 448 g/mol. The van der Waals surface area contributed by atoms with E-state index in [2.05, 4.69) is 15.2 Å². The zero-order chi connectivity index (χ0) is 24.2. The van der Waals surface area contributed by atoms with E-state index in [0.717, 1.165) is 38.2 Å². The van der Waals surface area contributed by atoms with Crippen molar-refractivity contribution in [3.8, 4) is 11.3 Å². The van der Waals surface area contributed by atoms with Crippen molar-refractivity contribution in [3.05, 3.63) is 95.6 Å². The average molecular weight is 474 g/mol. The minimum absolute atomic E-state index is 0.0625. The fraction of sp³-hybridized carbons (Fsp3) is 0.214. The highest BCUT2D eigenvalue weighted by molar-refractivity contribution is 6.12. The third kappa shape index (κ3) is 5.37. The molecule has 178 valence electrons. The van der Waals surface area contributed by atoms with Crippen molar-refractivity contribution < 1.29 is 18.3 Å². The first-order valence-corrected chi connectivity index (χ1v) is 11.6. The minimum atomic E-state index is -2.56. The summed E-state index contributed by atoms with van der Waals surface area (Å²) in [6.07, 6.45) is -2.56. The molecule has 1 aliphatic rings. The number of para-hydroxylation sites is 1. The van der Waals surface area contributed by atoms with E-state index in [4.69, 9.17) is 4.74 Å². The Labute approximate surface area is 202 Å². The monoisotopic (exact) mass is 473 g/mol. The number of pyridine rings is 1. The average Bonchev–Trinajstić information content (AvgIpc) is 2.90. The molecule has 0 bridgehead atoms. The van der Waals surface area contributed by atoms with Crippen molar-refractivity contribution >= 4 is 22.5 Å². The number of ether oxygens (including phenoxy) is 1. The molecule has 4 aromatic rings. The number of alkyl halides is 2. The second-order valence-corrected chi connectivity index (χ2v) is 8.54. The topological polar surface area (TPSA) is 54.5 Å². The standard InChI is InChI=1S/C28H25F2N3O2/c29-27(30)22-5-1-4-21(17-22)25-12-9-20-3-2-6-24(26(20)32-25)28(34)31-23-10-7-19(8-11-23)18-33-13-15-35-16-14-33/h1-12,17,27H,13-16,18H2,(H,31,34). The number of fused-ring (bicyclic) bond motifs is 1. The van der Waals surface area contributed by atoms with Gasteiger partial charge in [-0.05, 0) is 35.9 Å². The number of rotatable bonds is 6. The van der Waals surface area contributed by atoms with Gasteiger partial charge in [0.15, 0.2) is 0 Å². The van der Waals surface area contributed by atoms with Crippen molar-refractivity contribution in [1.82, 2.24) is 9.88 Å². The molecule has 3 aromatic carbocycles. The van der Waals surface area contributed by atoms with Gasteiger partial charge < -0.3 is 10.1 Å². The van der Waals surface area contributed by atoms with E-state index in [1.54, 1.807) is 30.3 Å². The van der Waals surface area contributed by atoms with Gasteiger partial charge in [-0.25, -0.2) is 13.8 Å². The normalized spacial score (nSPS) is 14.4. The summed E-state index contributed by atoms with van der Waals surface area (Å²) in [6.45, 7) is 4.20. The Balaban J connectivity index is 1.36. The van der Waals surface area contributed by atoms with Crippen molar-refractivity contribution in [2.24, 2.45) is 0 Å². The van der Waals surface area contributed by atoms with Crippen LogP contribution in [0.1, 0.15) is 27.9 Å². The molecule has 5 rings (SSSR count). The van der Waals surface area contributed by atoms with Crippen molar-refractivity contribution in [2.75, 3.05) is 31.6 Å². The summed E-state index contributed by atoms with van der Waals surface area (Å²) in [5, 5.41) is 3.75. The third-order valence-electron chi connectivity index (χ3n) is 6.12. The summed E-state index contributed by atoms with van der Waals surface area (Å²) >= 11 is 0. The number of nitrogens with zero attached hydrogens (tertiary/aromatic N) is 2. The molecule has 1 N–H and O–H groups in total. The van der Waals surface area contributed by atoms with Crippen molar-refractivity contribution in [2.45, 2.75) is 13.0 Å². The zero-order valence-corrected chi connectivity index (χ0v) is 19.1. The van der Waals surface area contributed by atoms with Gasteiger partial charge in [0, 0.05) is 41.8 Å². The zero-order valence-electron chi connectivity index (χ0n) is 19.1. The molecule has 0 spiro atoms. The molecule has 1 saturated heterocycles. The number of morpholine rings is 1. The largest absolute Gasteiger partial charge is 0.379 e. The molecule has 1 aromatic heterocycles. The Hall–Kier alpha value is -3.68. The van der Waals surface area contributed by atoms with Gasteiger partial charge in [0.2, 0.25) is 0 Å². The first kappa shape index (κ1) is 23.1.